The minimum Gasteiger partial charge on any atom is -0.272 e. The molecule has 0 atom stereocenters. The van der Waals surface area contributed by atoms with Crippen LogP contribution in [0.1, 0.15) is 45.4 Å². The normalized spacial score (nSPS) is 30.2. The van der Waals surface area contributed by atoms with Gasteiger partial charge in [0.1, 0.15) is 0 Å². The van der Waals surface area contributed by atoms with Crippen LogP contribution in [-0.4, -0.2) is 22.8 Å². The summed E-state index contributed by atoms with van der Waals surface area (Å²) in [4.78, 5) is 24.5. The van der Waals surface area contributed by atoms with Crippen LogP contribution >= 0.6 is 0 Å². The summed E-state index contributed by atoms with van der Waals surface area (Å²) in [6.45, 7) is 2.21. The van der Waals surface area contributed by atoms with E-state index in [2.05, 4.69) is 6.92 Å². The lowest BCUT2D eigenvalue weighted by atomic mass is 9.83. The van der Waals surface area contributed by atoms with E-state index in [4.69, 9.17) is 0 Å². The fraction of sp³-hybridized carbons (Fsp3) is 0.692. The van der Waals surface area contributed by atoms with Crippen LogP contribution in [0.25, 0.3) is 0 Å². The van der Waals surface area contributed by atoms with Gasteiger partial charge in [0.25, 0.3) is 11.8 Å². The largest absolute Gasteiger partial charge is 0.272 e. The molecule has 0 aromatic heterocycles. The second-order valence-corrected chi connectivity index (χ2v) is 4.84. The van der Waals surface area contributed by atoms with Gasteiger partial charge in [0.05, 0.1) is 0 Å². The Labute approximate surface area is 96.5 Å². The lowest BCUT2D eigenvalue weighted by molar-refractivity contribution is -0.140. The molecule has 2 amide bonds. The standard InChI is InChI=1S/C13H19NO2/c1-2-3-10-4-6-11(7-5-10)14-12(15)8-9-13(14)16/h8-11H,2-7H2,1H3. The number of carbonyl (C=O) groups is 2. The number of imide groups is 1. The van der Waals surface area contributed by atoms with E-state index in [1.807, 2.05) is 0 Å². The lowest BCUT2D eigenvalue weighted by Crippen LogP contribution is -2.42. The van der Waals surface area contributed by atoms with Crippen molar-refractivity contribution in [2.45, 2.75) is 51.5 Å². The van der Waals surface area contributed by atoms with Crippen LogP contribution in [0.15, 0.2) is 12.2 Å². The smallest absolute Gasteiger partial charge is 0.253 e. The van der Waals surface area contributed by atoms with Crippen molar-refractivity contribution < 1.29 is 9.59 Å². The molecule has 1 saturated carbocycles. The van der Waals surface area contributed by atoms with E-state index >= 15 is 0 Å². The molecular weight excluding hydrogens is 202 g/mol. The molecule has 0 aromatic carbocycles. The van der Waals surface area contributed by atoms with E-state index in [9.17, 15) is 9.59 Å². The van der Waals surface area contributed by atoms with Gasteiger partial charge in [-0.2, -0.15) is 0 Å². The molecule has 0 bridgehead atoms. The third kappa shape index (κ3) is 2.18. The maximum Gasteiger partial charge on any atom is 0.253 e. The molecule has 0 radical (unpaired) electrons. The number of amides is 2. The van der Waals surface area contributed by atoms with E-state index in [1.54, 1.807) is 0 Å². The Kier molecular flexibility index (Phi) is 3.42. The minimum atomic E-state index is -0.121. The molecule has 0 saturated heterocycles. The Morgan fingerprint density at radius 3 is 2.19 bits per heavy atom. The van der Waals surface area contributed by atoms with E-state index in [0.717, 1.165) is 31.6 Å². The third-order valence-electron chi connectivity index (χ3n) is 3.72. The second-order valence-electron chi connectivity index (χ2n) is 4.84. The monoisotopic (exact) mass is 221 g/mol. The highest BCUT2D eigenvalue weighted by Gasteiger charge is 2.33. The Bertz CT molecular complexity index is 296. The van der Waals surface area contributed by atoms with Gasteiger partial charge in [0, 0.05) is 18.2 Å². The van der Waals surface area contributed by atoms with Crippen molar-refractivity contribution in [3.8, 4) is 0 Å². The highest BCUT2D eigenvalue weighted by atomic mass is 16.2. The van der Waals surface area contributed by atoms with Crippen molar-refractivity contribution in [2.24, 2.45) is 5.92 Å². The molecule has 16 heavy (non-hydrogen) atoms. The number of nitrogens with zero attached hydrogens (tertiary/aromatic N) is 1. The van der Waals surface area contributed by atoms with Crippen LogP contribution in [0, 0.1) is 5.92 Å². The van der Waals surface area contributed by atoms with Gasteiger partial charge in [-0.05, 0) is 31.6 Å². The van der Waals surface area contributed by atoms with Gasteiger partial charge in [-0.25, -0.2) is 0 Å². The van der Waals surface area contributed by atoms with Gasteiger partial charge in [-0.15, -0.1) is 0 Å². The highest BCUT2D eigenvalue weighted by molar-refractivity contribution is 6.13. The predicted octanol–water partition coefficient (Wildman–Crippen LogP) is 2.27. The Balaban J connectivity index is 1.89. The van der Waals surface area contributed by atoms with Gasteiger partial charge in [-0.1, -0.05) is 19.8 Å². The fourth-order valence-corrected chi connectivity index (χ4v) is 2.87. The molecule has 3 heteroatoms. The van der Waals surface area contributed by atoms with Gasteiger partial charge < -0.3 is 0 Å². The maximum absolute atomic E-state index is 11.5. The Morgan fingerprint density at radius 1 is 1.12 bits per heavy atom. The van der Waals surface area contributed by atoms with Crippen LogP contribution in [0.5, 0.6) is 0 Å². The molecule has 3 nitrogen and oxygen atoms in total. The molecule has 2 rings (SSSR count). The van der Waals surface area contributed by atoms with Gasteiger partial charge in [0.15, 0.2) is 0 Å². The van der Waals surface area contributed by atoms with Crippen molar-refractivity contribution in [1.29, 1.82) is 0 Å². The molecule has 0 aromatic rings. The first-order chi connectivity index (χ1) is 7.72. The van der Waals surface area contributed by atoms with Crippen molar-refractivity contribution in [3.63, 3.8) is 0 Å². The highest BCUT2D eigenvalue weighted by Crippen LogP contribution is 2.31. The first kappa shape index (κ1) is 11.4. The number of rotatable bonds is 3. The molecule has 1 heterocycles. The number of hydrogen-bond acceptors (Lipinski definition) is 2. The van der Waals surface area contributed by atoms with E-state index < -0.39 is 0 Å². The summed E-state index contributed by atoms with van der Waals surface area (Å²) in [5.74, 6) is 0.565. The molecule has 0 spiro atoms. The van der Waals surface area contributed by atoms with Crippen LogP contribution in [0.2, 0.25) is 0 Å². The summed E-state index contributed by atoms with van der Waals surface area (Å²) in [7, 11) is 0. The molecular formula is C13H19NO2. The Hall–Kier alpha value is -1.12. The lowest BCUT2D eigenvalue weighted by Gasteiger charge is -2.33. The van der Waals surface area contributed by atoms with E-state index in [0.29, 0.717) is 0 Å². The van der Waals surface area contributed by atoms with E-state index in [-0.39, 0.29) is 17.9 Å². The maximum atomic E-state index is 11.5. The van der Waals surface area contributed by atoms with Gasteiger partial charge >= 0.3 is 0 Å². The van der Waals surface area contributed by atoms with Crippen LogP contribution < -0.4 is 0 Å². The van der Waals surface area contributed by atoms with Gasteiger partial charge in [0.2, 0.25) is 0 Å². The second kappa shape index (κ2) is 4.81. The molecule has 88 valence electrons. The average molecular weight is 221 g/mol. The first-order valence-corrected chi connectivity index (χ1v) is 6.27. The minimum absolute atomic E-state index is 0.121. The van der Waals surface area contributed by atoms with Crippen molar-refractivity contribution in [1.82, 2.24) is 4.90 Å². The number of hydrogen-bond donors (Lipinski definition) is 0. The zero-order valence-electron chi connectivity index (χ0n) is 9.82. The van der Waals surface area contributed by atoms with E-state index in [1.165, 1.54) is 29.9 Å². The first-order valence-electron chi connectivity index (χ1n) is 6.27. The van der Waals surface area contributed by atoms with Crippen molar-refractivity contribution in [3.05, 3.63) is 12.2 Å². The molecule has 2 aliphatic rings. The zero-order chi connectivity index (χ0) is 11.5. The summed E-state index contributed by atoms with van der Waals surface area (Å²) >= 11 is 0. The summed E-state index contributed by atoms with van der Waals surface area (Å²) in [6.07, 6.45) is 9.60. The number of carbonyl (C=O) groups excluding carboxylic acids is 2. The molecule has 1 aliphatic heterocycles. The summed E-state index contributed by atoms with van der Waals surface area (Å²) in [5.41, 5.74) is 0. The zero-order valence-corrected chi connectivity index (χ0v) is 9.82. The van der Waals surface area contributed by atoms with Crippen LogP contribution in [0.3, 0.4) is 0 Å². The summed E-state index contributed by atoms with van der Waals surface area (Å²) in [5, 5.41) is 0. The van der Waals surface area contributed by atoms with Gasteiger partial charge in [-0.3, -0.25) is 14.5 Å². The molecule has 1 fully saturated rings. The summed E-state index contributed by atoms with van der Waals surface area (Å²) < 4.78 is 0. The molecule has 0 N–H and O–H groups in total. The van der Waals surface area contributed by atoms with Crippen molar-refractivity contribution >= 4 is 11.8 Å². The SMILES string of the molecule is CCCC1CCC(N2C(=O)C=CC2=O)CC1. The van der Waals surface area contributed by atoms with Crippen LogP contribution in [-0.2, 0) is 9.59 Å². The summed E-state index contributed by atoms with van der Waals surface area (Å²) in [6, 6.07) is 0.156. The third-order valence-corrected chi connectivity index (χ3v) is 3.72. The predicted molar refractivity (Wildman–Crippen MR) is 61.6 cm³/mol. The topological polar surface area (TPSA) is 37.4 Å². The molecule has 0 unspecified atom stereocenters. The molecule has 1 aliphatic carbocycles. The Morgan fingerprint density at radius 2 is 1.69 bits per heavy atom. The van der Waals surface area contributed by atoms with Crippen LogP contribution in [0.4, 0.5) is 0 Å². The van der Waals surface area contributed by atoms with Crippen molar-refractivity contribution in [2.75, 3.05) is 0 Å². The average Bonchev–Trinajstić information content (AvgIpc) is 2.61. The quantitative estimate of drug-likeness (QED) is 0.685. The fourth-order valence-electron chi connectivity index (χ4n) is 2.87.